The first-order valence-electron chi connectivity index (χ1n) is 5.79. The quantitative estimate of drug-likeness (QED) is 0.776. The zero-order valence-corrected chi connectivity index (χ0v) is 12.5. The Morgan fingerprint density at radius 2 is 2.06 bits per heavy atom. The summed E-state index contributed by atoms with van der Waals surface area (Å²) in [6.45, 7) is 4.60. The lowest BCUT2D eigenvalue weighted by Crippen LogP contribution is -2.63. The Bertz CT molecular complexity index is 500. The second kappa shape index (κ2) is 4.87. The van der Waals surface area contributed by atoms with Crippen LogP contribution in [0.2, 0.25) is 0 Å². The molecule has 0 unspecified atom stereocenters. The van der Waals surface area contributed by atoms with Gasteiger partial charge in [0.15, 0.2) is 0 Å². The van der Waals surface area contributed by atoms with E-state index < -0.39 is 5.54 Å². The smallest absolute Gasteiger partial charge is 0.255 e. The molecule has 1 saturated heterocycles. The average Bonchev–Trinajstić information content (AvgIpc) is 2.32. The number of piperazine rings is 1. The molecule has 0 atom stereocenters. The van der Waals surface area contributed by atoms with Crippen LogP contribution in [0, 0.1) is 3.57 Å². The maximum atomic E-state index is 12.5. The van der Waals surface area contributed by atoms with Crippen LogP contribution in [-0.2, 0) is 4.79 Å². The molecule has 1 aromatic carbocycles. The van der Waals surface area contributed by atoms with Gasteiger partial charge in [-0.2, -0.15) is 0 Å². The van der Waals surface area contributed by atoms with Gasteiger partial charge in [-0.25, -0.2) is 0 Å². The normalized spacial score (nSPS) is 18.4. The van der Waals surface area contributed by atoms with Crippen molar-refractivity contribution < 1.29 is 9.59 Å². The van der Waals surface area contributed by atoms with Gasteiger partial charge in [-0.1, -0.05) is 12.1 Å². The topological polar surface area (TPSA) is 49.4 Å². The Morgan fingerprint density at radius 3 is 2.72 bits per heavy atom. The molecular weight excluding hydrogens is 343 g/mol. The number of carbonyl (C=O) groups is 2. The summed E-state index contributed by atoms with van der Waals surface area (Å²) in [5, 5.41) is 2.79. The summed E-state index contributed by atoms with van der Waals surface area (Å²) in [5.74, 6) is -0.187. The van der Waals surface area contributed by atoms with E-state index in [0.29, 0.717) is 18.7 Å². The summed E-state index contributed by atoms with van der Waals surface area (Å²) < 4.78 is 0.905. The van der Waals surface area contributed by atoms with Gasteiger partial charge >= 0.3 is 0 Å². The second-order valence-electron chi connectivity index (χ2n) is 4.75. The van der Waals surface area contributed by atoms with Crippen molar-refractivity contribution in [3.05, 3.63) is 33.4 Å². The van der Waals surface area contributed by atoms with Crippen LogP contribution in [-0.4, -0.2) is 35.3 Å². The summed E-state index contributed by atoms with van der Waals surface area (Å²) in [5.41, 5.74) is -0.144. The van der Waals surface area contributed by atoms with Crippen molar-refractivity contribution in [1.82, 2.24) is 10.2 Å². The Labute approximate surface area is 120 Å². The van der Waals surface area contributed by atoms with Crippen molar-refractivity contribution in [3.8, 4) is 0 Å². The largest absolute Gasteiger partial charge is 0.352 e. The Morgan fingerprint density at radius 1 is 1.39 bits per heavy atom. The van der Waals surface area contributed by atoms with Crippen LogP contribution in [0.15, 0.2) is 24.3 Å². The molecule has 2 amide bonds. The van der Waals surface area contributed by atoms with Gasteiger partial charge in [-0.3, -0.25) is 9.59 Å². The molecule has 5 heteroatoms. The molecule has 1 fully saturated rings. The molecule has 0 bridgehead atoms. The van der Waals surface area contributed by atoms with Crippen molar-refractivity contribution in [2.24, 2.45) is 0 Å². The maximum Gasteiger partial charge on any atom is 0.255 e. The average molecular weight is 358 g/mol. The second-order valence-corrected chi connectivity index (χ2v) is 5.91. The van der Waals surface area contributed by atoms with E-state index in [1.807, 2.05) is 18.2 Å². The maximum absolute atomic E-state index is 12.5. The van der Waals surface area contributed by atoms with Gasteiger partial charge in [-0.05, 0) is 48.6 Å². The summed E-state index contributed by atoms with van der Waals surface area (Å²) in [6.07, 6.45) is 0. The predicted octanol–water partition coefficient (Wildman–Crippen LogP) is 1.64. The molecule has 1 aliphatic heterocycles. The van der Waals surface area contributed by atoms with Gasteiger partial charge in [0.2, 0.25) is 5.91 Å². The minimum absolute atomic E-state index is 0.0835. The molecule has 18 heavy (non-hydrogen) atoms. The fourth-order valence-electron chi connectivity index (χ4n) is 2.04. The molecule has 0 aromatic heterocycles. The molecule has 1 heterocycles. The number of hydrogen-bond acceptors (Lipinski definition) is 2. The Balaban J connectivity index is 2.34. The van der Waals surface area contributed by atoms with E-state index in [9.17, 15) is 9.59 Å². The summed E-state index contributed by atoms with van der Waals surface area (Å²) >= 11 is 2.14. The van der Waals surface area contributed by atoms with Gasteiger partial charge in [0, 0.05) is 16.7 Å². The number of nitrogens with one attached hydrogen (secondary N) is 1. The number of nitrogens with zero attached hydrogens (tertiary/aromatic N) is 1. The third-order valence-electron chi connectivity index (χ3n) is 3.20. The van der Waals surface area contributed by atoms with Crippen molar-refractivity contribution in [2.75, 3.05) is 13.1 Å². The lowest BCUT2D eigenvalue weighted by molar-refractivity contribution is -0.133. The van der Waals surface area contributed by atoms with Crippen molar-refractivity contribution in [3.63, 3.8) is 0 Å². The SMILES string of the molecule is CC1(C)C(=O)NCCN1C(=O)c1ccccc1I. The molecule has 96 valence electrons. The van der Waals surface area contributed by atoms with Crippen molar-refractivity contribution in [1.29, 1.82) is 0 Å². The highest BCUT2D eigenvalue weighted by Gasteiger charge is 2.40. The van der Waals surface area contributed by atoms with Gasteiger partial charge in [0.05, 0.1) is 5.56 Å². The summed E-state index contributed by atoms with van der Waals surface area (Å²) in [7, 11) is 0. The number of rotatable bonds is 1. The van der Waals surface area contributed by atoms with Crippen LogP contribution < -0.4 is 5.32 Å². The van der Waals surface area contributed by atoms with E-state index in [4.69, 9.17) is 0 Å². The zero-order chi connectivity index (χ0) is 13.3. The van der Waals surface area contributed by atoms with Crippen LogP contribution in [0.1, 0.15) is 24.2 Å². The van der Waals surface area contributed by atoms with Crippen LogP contribution in [0.25, 0.3) is 0 Å². The molecular formula is C13H15IN2O2. The van der Waals surface area contributed by atoms with E-state index in [1.54, 1.807) is 24.8 Å². The lowest BCUT2D eigenvalue weighted by atomic mass is 9.97. The highest BCUT2D eigenvalue weighted by Crippen LogP contribution is 2.22. The van der Waals surface area contributed by atoms with Crippen LogP contribution in [0.4, 0.5) is 0 Å². The van der Waals surface area contributed by atoms with Crippen molar-refractivity contribution >= 4 is 34.4 Å². The van der Waals surface area contributed by atoms with E-state index in [-0.39, 0.29) is 11.8 Å². The molecule has 0 spiro atoms. The predicted molar refractivity (Wildman–Crippen MR) is 77.3 cm³/mol. The molecule has 0 aliphatic carbocycles. The van der Waals surface area contributed by atoms with E-state index in [2.05, 4.69) is 27.9 Å². The molecule has 0 saturated carbocycles. The summed E-state index contributed by atoms with van der Waals surface area (Å²) in [6, 6.07) is 7.43. The molecule has 2 rings (SSSR count). The third kappa shape index (κ3) is 2.23. The minimum atomic E-state index is -0.797. The van der Waals surface area contributed by atoms with E-state index in [1.165, 1.54) is 0 Å². The molecule has 0 radical (unpaired) electrons. The summed E-state index contributed by atoms with van der Waals surface area (Å²) in [4.78, 5) is 26.0. The number of carbonyl (C=O) groups excluding carboxylic acids is 2. The standard InChI is InChI=1S/C13H15IN2O2/c1-13(2)12(18)15-7-8-16(13)11(17)9-5-3-4-6-10(9)14/h3-6H,7-8H2,1-2H3,(H,15,18). The highest BCUT2D eigenvalue weighted by atomic mass is 127. The van der Waals surface area contributed by atoms with Crippen LogP contribution in [0.5, 0.6) is 0 Å². The van der Waals surface area contributed by atoms with Gasteiger partial charge in [-0.15, -0.1) is 0 Å². The fraction of sp³-hybridized carbons (Fsp3) is 0.385. The van der Waals surface area contributed by atoms with E-state index in [0.717, 1.165) is 3.57 Å². The van der Waals surface area contributed by atoms with Gasteiger partial charge < -0.3 is 10.2 Å². The molecule has 1 aliphatic rings. The fourth-order valence-corrected chi connectivity index (χ4v) is 2.65. The van der Waals surface area contributed by atoms with Crippen molar-refractivity contribution in [2.45, 2.75) is 19.4 Å². The lowest BCUT2D eigenvalue weighted by Gasteiger charge is -2.41. The van der Waals surface area contributed by atoms with E-state index >= 15 is 0 Å². The Hall–Kier alpha value is -1.11. The molecule has 1 N–H and O–H groups in total. The number of benzene rings is 1. The van der Waals surface area contributed by atoms with Crippen LogP contribution >= 0.6 is 22.6 Å². The van der Waals surface area contributed by atoms with Gasteiger partial charge in [0.25, 0.3) is 5.91 Å². The number of halogens is 1. The number of amides is 2. The third-order valence-corrected chi connectivity index (χ3v) is 4.14. The first-order valence-corrected chi connectivity index (χ1v) is 6.87. The highest BCUT2D eigenvalue weighted by molar-refractivity contribution is 14.1. The Kier molecular flexibility index (Phi) is 3.61. The number of hydrogen-bond donors (Lipinski definition) is 1. The molecule has 4 nitrogen and oxygen atoms in total. The monoisotopic (exact) mass is 358 g/mol. The van der Waals surface area contributed by atoms with Gasteiger partial charge in [0.1, 0.15) is 5.54 Å². The minimum Gasteiger partial charge on any atom is -0.352 e. The first kappa shape index (κ1) is 13.3. The first-order chi connectivity index (χ1) is 8.44. The zero-order valence-electron chi connectivity index (χ0n) is 10.4. The van der Waals surface area contributed by atoms with Crippen LogP contribution in [0.3, 0.4) is 0 Å². The molecule has 1 aromatic rings.